The fourth-order valence-corrected chi connectivity index (χ4v) is 3.47. The molecule has 0 spiro atoms. The number of hydrogen-bond donors (Lipinski definition) is 1. The van der Waals surface area contributed by atoms with Crippen molar-refractivity contribution in [1.82, 2.24) is 9.88 Å². The SMILES string of the molecule is COCCN(Cc1cc2cc3c(cc2nc1Cl)OCO3)C(=O)Nc1ccccc1C. The van der Waals surface area contributed by atoms with E-state index in [0.29, 0.717) is 35.3 Å². The molecule has 0 fully saturated rings. The molecule has 0 aliphatic carbocycles. The van der Waals surface area contributed by atoms with Gasteiger partial charge in [0.2, 0.25) is 6.79 Å². The van der Waals surface area contributed by atoms with Crippen LogP contribution in [0.25, 0.3) is 10.9 Å². The number of halogens is 1. The molecule has 2 heterocycles. The normalized spacial score (nSPS) is 12.2. The molecule has 7 nitrogen and oxygen atoms in total. The van der Waals surface area contributed by atoms with Gasteiger partial charge in [0.15, 0.2) is 11.5 Å². The Morgan fingerprint density at radius 2 is 2.00 bits per heavy atom. The van der Waals surface area contributed by atoms with Crippen molar-refractivity contribution in [3.05, 3.63) is 58.7 Å². The van der Waals surface area contributed by atoms with E-state index in [1.807, 2.05) is 43.3 Å². The van der Waals surface area contributed by atoms with E-state index in [0.717, 1.165) is 22.2 Å². The molecule has 156 valence electrons. The Kier molecular flexibility index (Phi) is 5.92. The highest BCUT2D eigenvalue weighted by Gasteiger charge is 2.19. The van der Waals surface area contributed by atoms with Gasteiger partial charge in [0.25, 0.3) is 0 Å². The summed E-state index contributed by atoms with van der Waals surface area (Å²) < 4.78 is 16.0. The quantitative estimate of drug-likeness (QED) is 0.582. The number of aromatic nitrogens is 1. The maximum absolute atomic E-state index is 13.0. The standard InChI is InChI=1S/C22H22ClN3O4/c1-14-5-3-4-6-17(14)25-22(27)26(7-8-28-2)12-16-9-15-10-19-20(30-13-29-19)11-18(15)24-21(16)23/h3-6,9-11H,7-8,12-13H2,1-2H3,(H,25,27). The molecule has 1 aliphatic rings. The third-order valence-corrected chi connectivity index (χ3v) is 5.26. The predicted molar refractivity (Wildman–Crippen MR) is 115 cm³/mol. The lowest BCUT2D eigenvalue weighted by Gasteiger charge is -2.24. The van der Waals surface area contributed by atoms with Crippen molar-refractivity contribution in [1.29, 1.82) is 0 Å². The second-order valence-electron chi connectivity index (χ2n) is 7.00. The number of methoxy groups -OCH3 is 1. The van der Waals surface area contributed by atoms with Gasteiger partial charge in [-0.15, -0.1) is 0 Å². The number of ether oxygens (including phenoxy) is 3. The molecular weight excluding hydrogens is 406 g/mol. The highest BCUT2D eigenvalue weighted by molar-refractivity contribution is 6.30. The van der Waals surface area contributed by atoms with Gasteiger partial charge >= 0.3 is 6.03 Å². The van der Waals surface area contributed by atoms with Crippen LogP contribution in [0.1, 0.15) is 11.1 Å². The Morgan fingerprint density at radius 1 is 1.23 bits per heavy atom. The predicted octanol–water partition coefficient (Wildman–Crippen LogP) is 4.61. The van der Waals surface area contributed by atoms with Crippen LogP contribution in [0.15, 0.2) is 42.5 Å². The van der Waals surface area contributed by atoms with Gasteiger partial charge in [0, 0.05) is 36.4 Å². The summed E-state index contributed by atoms with van der Waals surface area (Å²) in [6, 6.07) is 13.0. The zero-order chi connectivity index (χ0) is 21.1. The van der Waals surface area contributed by atoms with Gasteiger partial charge in [0.1, 0.15) is 5.15 Å². The molecule has 1 aliphatic heterocycles. The van der Waals surface area contributed by atoms with Gasteiger partial charge in [-0.25, -0.2) is 9.78 Å². The van der Waals surface area contributed by atoms with Crippen LogP contribution in [0.3, 0.4) is 0 Å². The number of urea groups is 1. The summed E-state index contributed by atoms with van der Waals surface area (Å²) in [7, 11) is 1.60. The molecule has 0 bridgehead atoms. The van der Waals surface area contributed by atoms with Gasteiger partial charge in [0.05, 0.1) is 18.7 Å². The second kappa shape index (κ2) is 8.77. The van der Waals surface area contributed by atoms with Crippen LogP contribution < -0.4 is 14.8 Å². The van der Waals surface area contributed by atoms with E-state index in [9.17, 15) is 4.79 Å². The Balaban J connectivity index is 1.60. The second-order valence-corrected chi connectivity index (χ2v) is 7.35. The summed E-state index contributed by atoms with van der Waals surface area (Å²) in [5.41, 5.74) is 3.19. The molecule has 1 aromatic heterocycles. The first-order valence-electron chi connectivity index (χ1n) is 9.54. The third-order valence-electron chi connectivity index (χ3n) is 4.94. The van der Waals surface area contributed by atoms with Gasteiger partial charge in [-0.05, 0) is 30.7 Å². The topological polar surface area (TPSA) is 72.9 Å². The summed E-state index contributed by atoms with van der Waals surface area (Å²) in [4.78, 5) is 19.1. The maximum Gasteiger partial charge on any atom is 0.322 e. The van der Waals surface area contributed by atoms with Crippen molar-refractivity contribution in [2.75, 3.05) is 32.4 Å². The molecule has 0 radical (unpaired) electrons. The molecule has 0 unspecified atom stereocenters. The summed E-state index contributed by atoms with van der Waals surface area (Å²) in [5, 5.41) is 4.17. The zero-order valence-electron chi connectivity index (χ0n) is 16.8. The number of anilines is 1. The minimum absolute atomic E-state index is 0.191. The zero-order valence-corrected chi connectivity index (χ0v) is 17.5. The van der Waals surface area contributed by atoms with Crippen molar-refractivity contribution in [2.24, 2.45) is 0 Å². The van der Waals surface area contributed by atoms with E-state index in [-0.39, 0.29) is 19.4 Å². The van der Waals surface area contributed by atoms with E-state index in [1.54, 1.807) is 18.1 Å². The van der Waals surface area contributed by atoms with Crippen molar-refractivity contribution >= 4 is 34.2 Å². The number of pyridine rings is 1. The number of nitrogens with one attached hydrogen (secondary N) is 1. The number of amides is 2. The van der Waals surface area contributed by atoms with Crippen LogP contribution in [-0.2, 0) is 11.3 Å². The molecule has 1 N–H and O–H groups in total. The van der Waals surface area contributed by atoms with E-state index >= 15 is 0 Å². The number of fused-ring (bicyclic) bond motifs is 2. The van der Waals surface area contributed by atoms with Crippen molar-refractivity contribution in [3.8, 4) is 11.5 Å². The monoisotopic (exact) mass is 427 g/mol. The van der Waals surface area contributed by atoms with Gasteiger partial charge in [-0.1, -0.05) is 29.8 Å². The summed E-state index contributed by atoms with van der Waals surface area (Å²) >= 11 is 6.45. The summed E-state index contributed by atoms with van der Waals surface area (Å²) in [6.07, 6.45) is 0. The Labute approximate surface area is 179 Å². The largest absolute Gasteiger partial charge is 0.454 e. The third kappa shape index (κ3) is 4.27. The number of rotatable bonds is 6. The summed E-state index contributed by atoms with van der Waals surface area (Å²) in [6.45, 7) is 3.24. The number of aryl methyl sites for hydroxylation is 1. The minimum atomic E-state index is -0.233. The number of carbonyl (C=O) groups is 1. The molecule has 3 aromatic rings. The van der Waals surface area contributed by atoms with Crippen LogP contribution in [0.5, 0.6) is 11.5 Å². The number of nitrogens with zero attached hydrogens (tertiary/aromatic N) is 2. The molecular formula is C22H22ClN3O4. The molecule has 0 saturated carbocycles. The van der Waals surface area contributed by atoms with Crippen LogP contribution in [-0.4, -0.2) is 43.0 Å². The van der Waals surface area contributed by atoms with Gasteiger partial charge in [-0.3, -0.25) is 0 Å². The van der Waals surface area contributed by atoms with E-state index in [2.05, 4.69) is 10.3 Å². The summed E-state index contributed by atoms with van der Waals surface area (Å²) in [5.74, 6) is 1.32. The Bertz CT molecular complexity index is 1090. The van der Waals surface area contributed by atoms with E-state index < -0.39 is 0 Å². The Hall–Kier alpha value is -3.03. The molecule has 8 heteroatoms. The number of benzene rings is 2. The fourth-order valence-electron chi connectivity index (χ4n) is 3.26. The van der Waals surface area contributed by atoms with Crippen LogP contribution in [0, 0.1) is 6.92 Å². The minimum Gasteiger partial charge on any atom is -0.454 e. The highest BCUT2D eigenvalue weighted by Crippen LogP contribution is 2.36. The van der Waals surface area contributed by atoms with Gasteiger partial charge in [-0.2, -0.15) is 0 Å². The first-order chi connectivity index (χ1) is 14.5. The first-order valence-corrected chi connectivity index (χ1v) is 9.92. The van der Waals surface area contributed by atoms with Crippen molar-refractivity contribution < 1.29 is 19.0 Å². The molecule has 4 rings (SSSR count). The molecule has 30 heavy (non-hydrogen) atoms. The maximum atomic E-state index is 13.0. The van der Waals surface area contributed by atoms with Crippen molar-refractivity contribution in [3.63, 3.8) is 0 Å². The average molecular weight is 428 g/mol. The molecule has 2 aromatic carbocycles. The Morgan fingerprint density at radius 3 is 2.77 bits per heavy atom. The fraction of sp³-hybridized carbons (Fsp3) is 0.273. The van der Waals surface area contributed by atoms with E-state index in [4.69, 9.17) is 25.8 Å². The lowest BCUT2D eigenvalue weighted by Crippen LogP contribution is -2.37. The van der Waals surface area contributed by atoms with Crippen molar-refractivity contribution in [2.45, 2.75) is 13.5 Å². The first kappa shape index (κ1) is 20.3. The number of carbonyl (C=O) groups excluding carboxylic acids is 1. The number of para-hydroxylation sites is 1. The number of hydrogen-bond acceptors (Lipinski definition) is 5. The van der Waals surface area contributed by atoms with E-state index in [1.165, 1.54) is 0 Å². The average Bonchev–Trinajstić information content (AvgIpc) is 3.18. The van der Waals surface area contributed by atoms with Crippen LogP contribution >= 0.6 is 11.6 Å². The highest BCUT2D eigenvalue weighted by atomic mass is 35.5. The molecule has 2 amide bonds. The van der Waals surface area contributed by atoms with Crippen LogP contribution in [0.2, 0.25) is 5.15 Å². The lowest BCUT2D eigenvalue weighted by molar-refractivity contribution is 0.153. The molecule has 0 saturated heterocycles. The van der Waals surface area contributed by atoms with Crippen LogP contribution in [0.4, 0.5) is 10.5 Å². The van der Waals surface area contributed by atoms with Gasteiger partial charge < -0.3 is 24.4 Å². The smallest absolute Gasteiger partial charge is 0.322 e. The lowest BCUT2D eigenvalue weighted by atomic mass is 10.1. The molecule has 0 atom stereocenters.